The van der Waals surface area contributed by atoms with Crippen molar-refractivity contribution in [3.05, 3.63) is 47.5 Å². The molecule has 0 aliphatic carbocycles. The molecule has 0 saturated carbocycles. The van der Waals surface area contributed by atoms with E-state index in [1.165, 1.54) is 0 Å². The highest BCUT2D eigenvalue weighted by Gasteiger charge is 2.34. The normalized spacial score (nSPS) is 17.5. The topological polar surface area (TPSA) is 79.9 Å². The number of ether oxygens (including phenoxy) is 2. The first-order valence-electron chi connectivity index (χ1n) is 10.3. The first kappa shape index (κ1) is 20.1. The third-order valence-corrected chi connectivity index (χ3v) is 5.78. The van der Waals surface area contributed by atoms with E-state index in [1.54, 1.807) is 20.3 Å². The molecule has 0 radical (unpaired) electrons. The van der Waals surface area contributed by atoms with Crippen LogP contribution in [0.15, 0.2) is 36.4 Å². The number of carbonyl (C=O) groups excluding carboxylic acids is 2. The fraction of sp³-hybridized carbons (Fsp3) is 0.391. The van der Waals surface area contributed by atoms with Crippen molar-refractivity contribution in [3.8, 4) is 11.5 Å². The number of fused-ring (bicyclic) bond motifs is 3. The Bertz CT molecular complexity index is 959. The van der Waals surface area contributed by atoms with Gasteiger partial charge in [-0.25, -0.2) is 0 Å². The van der Waals surface area contributed by atoms with Crippen molar-refractivity contribution in [1.29, 1.82) is 0 Å². The fourth-order valence-electron chi connectivity index (χ4n) is 4.19. The minimum atomic E-state index is -0.159. The Balaban J connectivity index is 1.40. The minimum absolute atomic E-state index is 0.0215. The second-order valence-electron chi connectivity index (χ2n) is 7.62. The zero-order chi connectivity index (χ0) is 21.1. The Kier molecular flexibility index (Phi) is 5.79. The zero-order valence-corrected chi connectivity index (χ0v) is 17.4. The number of rotatable bonds is 6. The van der Waals surface area contributed by atoms with Gasteiger partial charge in [-0.1, -0.05) is 6.07 Å². The van der Waals surface area contributed by atoms with Gasteiger partial charge in [-0.3, -0.25) is 9.59 Å². The van der Waals surface area contributed by atoms with Crippen molar-refractivity contribution >= 4 is 23.2 Å². The van der Waals surface area contributed by atoms with Crippen LogP contribution < -0.4 is 25.0 Å². The number of benzene rings is 2. The second-order valence-corrected chi connectivity index (χ2v) is 7.62. The lowest BCUT2D eigenvalue weighted by Crippen LogP contribution is -2.50. The van der Waals surface area contributed by atoms with Gasteiger partial charge in [-0.05, 0) is 61.6 Å². The molecular formula is C23H27N3O4. The van der Waals surface area contributed by atoms with Crippen molar-refractivity contribution in [3.63, 3.8) is 0 Å². The van der Waals surface area contributed by atoms with E-state index in [9.17, 15) is 9.59 Å². The molecule has 2 aromatic rings. The van der Waals surface area contributed by atoms with E-state index in [-0.39, 0.29) is 17.9 Å². The molecule has 2 aliphatic heterocycles. The van der Waals surface area contributed by atoms with Crippen LogP contribution in [0.5, 0.6) is 11.5 Å². The van der Waals surface area contributed by atoms with Crippen molar-refractivity contribution in [2.75, 3.05) is 37.5 Å². The molecule has 2 heterocycles. The summed E-state index contributed by atoms with van der Waals surface area (Å²) in [6.45, 7) is 1.37. The maximum absolute atomic E-state index is 12.6. The molecule has 2 aliphatic rings. The van der Waals surface area contributed by atoms with E-state index >= 15 is 0 Å². The summed E-state index contributed by atoms with van der Waals surface area (Å²) < 4.78 is 10.6. The molecule has 7 heteroatoms. The average Bonchev–Trinajstić information content (AvgIpc) is 2.78. The minimum Gasteiger partial charge on any atom is -0.493 e. The lowest BCUT2D eigenvalue weighted by Gasteiger charge is -2.41. The van der Waals surface area contributed by atoms with E-state index in [4.69, 9.17) is 9.47 Å². The molecule has 158 valence electrons. The van der Waals surface area contributed by atoms with Crippen LogP contribution in [0.3, 0.4) is 0 Å². The SMILES string of the molecule is COc1ccc(CCNC(=O)c2ccc3c(c2)NC(=O)[C@H]2CCCCN32)cc1OC. The van der Waals surface area contributed by atoms with Gasteiger partial charge in [-0.15, -0.1) is 0 Å². The molecular weight excluding hydrogens is 382 g/mol. The maximum atomic E-state index is 12.6. The lowest BCUT2D eigenvalue weighted by atomic mass is 9.97. The Morgan fingerprint density at radius 1 is 1.13 bits per heavy atom. The molecule has 1 atom stereocenters. The summed E-state index contributed by atoms with van der Waals surface area (Å²) in [6.07, 6.45) is 3.71. The fourth-order valence-corrected chi connectivity index (χ4v) is 4.19. The van der Waals surface area contributed by atoms with Gasteiger partial charge in [0.1, 0.15) is 6.04 Å². The van der Waals surface area contributed by atoms with Crippen molar-refractivity contribution in [1.82, 2.24) is 5.32 Å². The van der Waals surface area contributed by atoms with Gasteiger partial charge in [0.05, 0.1) is 25.6 Å². The summed E-state index contributed by atoms with van der Waals surface area (Å²) in [5.74, 6) is 1.21. The van der Waals surface area contributed by atoms with Gasteiger partial charge >= 0.3 is 0 Å². The van der Waals surface area contributed by atoms with Crippen LogP contribution in [-0.4, -0.2) is 45.2 Å². The highest BCUT2D eigenvalue weighted by molar-refractivity contribution is 6.05. The van der Waals surface area contributed by atoms with E-state index in [0.717, 1.165) is 37.1 Å². The van der Waals surface area contributed by atoms with Gasteiger partial charge in [0.2, 0.25) is 5.91 Å². The number of carbonyl (C=O) groups is 2. The predicted octanol–water partition coefficient (Wildman–Crippen LogP) is 2.99. The summed E-state index contributed by atoms with van der Waals surface area (Å²) >= 11 is 0. The molecule has 0 bridgehead atoms. The number of methoxy groups -OCH3 is 2. The highest BCUT2D eigenvalue weighted by Crippen LogP contribution is 2.36. The van der Waals surface area contributed by atoms with Crippen molar-refractivity contribution in [2.45, 2.75) is 31.7 Å². The number of nitrogens with zero attached hydrogens (tertiary/aromatic N) is 1. The maximum Gasteiger partial charge on any atom is 0.251 e. The lowest BCUT2D eigenvalue weighted by molar-refractivity contribution is -0.118. The number of piperidine rings is 1. The second kappa shape index (κ2) is 8.65. The van der Waals surface area contributed by atoms with Crippen LogP contribution in [-0.2, 0) is 11.2 Å². The van der Waals surface area contributed by atoms with E-state index in [2.05, 4.69) is 15.5 Å². The Hall–Kier alpha value is -3.22. The largest absolute Gasteiger partial charge is 0.493 e. The first-order chi connectivity index (χ1) is 14.6. The Labute approximate surface area is 176 Å². The summed E-state index contributed by atoms with van der Waals surface area (Å²) in [4.78, 5) is 27.2. The number of amides is 2. The van der Waals surface area contributed by atoms with Gasteiger partial charge in [-0.2, -0.15) is 0 Å². The predicted molar refractivity (Wildman–Crippen MR) is 116 cm³/mol. The third kappa shape index (κ3) is 3.92. The van der Waals surface area contributed by atoms with Crippen molar-refractivity contribution in [2.24, 2.45) is 0 Å². The molecule has 0 aromatic heterocycles. The summed E-state index contributed by atoms with van der Waals surface area (Å²) in [7, 11) is 3.20. The molecule has 2 aromatic carbocycles. The number of anilines is 2. The van der Waals surface area contributed by atoms with Gasteiger partial charge in [0.15, 0.2) is 11.5 Å². The van der Waals surface area contributed by atoms with Crippen LogP contribution in [0.25, 0.3) is 0 Å². The van der Waals surface area contributed by atoms with Crippen molar-refractivity contribution < 1.29 is 19.1 Å². The smallest absolute Gasteiger partial charge is 0.251 e. The Morgan fingerprint density at radius 2 is 1.97 bits per heavy atom. The summed E-state index contributed by atoms with van der Waals surface area (Å²) in [5, 5.41) is 5.92. The van der Waals surface area contributed by atoms with Crippen LogP contribution in [0.1, 0.15) is 35.2 Å². The molecule has 0 unspecified atom stereocenters. The molecule has 0 spiro atoms. The quantitative estimate of drug-likeness (QED) is 0.767. The monoisotopic (exact) mass is 409 g/mol. The number of hydrogen-bond donors (Lipinski definition) is 2. The first-order valence-corrected chi connectivity index (χ1v) is 10.3. The number of hydrogen-bond acceptors (Lipinski definition) is 5. The van der Waals surface area contributed by atoms with Crippen LogP contribution >= 0.6 is 0 Å². The summed E-state index contributed by atoms with van der Waals surface area (Å²) in [5.41, 5.74) is 3.30. The molecule has 1 saturated heterocycles. The van der Waals surface area contributed by atoms with Gasteiger partial charge < -0.3 is 25.0 Å². The molecule has 30 heavy (non-hydrogen) atoms. The van der Waals surface area contributed by atoms with Crippen LogP contribution in [0.2, 0.25) is 0 Å². The van der Waals surface area contributed by atoms with E-state index in [1.807, 2.05) is 30.3 Å². The number of nitrogens with one attached hydrogen (secondary N) is 2. The van der Waals surface area contributed by atoms with E-state index < -0.39 is 0 Å². The molecule has 4 rings (SSSR count). The van der Waals surface area contributed by atoms with Crippen LogP contribution in [0.4, 0.5) is 11.4 Å². The standard InChI is InChI=1S/C23H27N3O4/c1-29-20-9-6-15(13-21(20)30-2)10-11-24-22(27)16-7-8-18-17(14-16)25-23(28)19-5-3-4-12-26(18)19/h6-9,13-14,19H,3-5,10-12H2,1-2H3,(H,24,27)(H,25,28)/t19-/m1/s1. The third-order valence-electron chi connectivity index (χ3n) is 5.78. The highest BCUT2D eigenvalue weighted by atomic mass is 16.5. The average molecular weight is 409 g/mol. The zero-order valence-electron chi connectivity index (χ0n) is 17.4. The van der Waals surface area contributed by atoms with Gasteiger partial charge in [0.25, 0.3) is 5.91 Å². The van der Waals surface area contributed by atoms with E-state index in [0.29, 0.717) is 35.7 Å². The van der Waals surface area contributed by atoms with Crippen LogP contribution in [0, 0.1) is 0 Å². The molecule has 1 fully saturated rings. The van der Waals surface area contributed by atoms with Gasteiger partial charge in [0, 0.05) is 18.7 Å². The summed E-state index contributed by atoms with van der Waals surface area (Å²) in [6, 6.07) is 11.2. The molecule has 7 nitrogen and oxygen atoms in total. The molecule has 2 N–H and O–H groups in total. The Morgan fingerprint density at radius 3 is 2.77 bits per heavy atom. The molecule has 2 amide bonds.